The van der Waals surface area contributed by atoms with Crippen LogP contribution in [0, 0.1) is 0 Å². The van der Waals surface area contributed by atoms with Gasteiger partial charge in [-0.2, -0.15) is 5.10 Å². The number of hydrogen-bond donors (Lipinski definition) is 1. The van der Waals surface area contributed by atoms with E-state index in [0.29, 0.717) is 13.1 Å². The molecular formula is C11H14N4O. The van der Waals surface area contributed by atoms with Gasteiger partial charge in [0.1, 0.15) is 6.33 Å². The van der Waals surface area contributed by atoms with Gasteiger partial charge in [-0.3, -0.25) is 4.57 Å². The molecule has 0 aliphatic carbocycles. The highest BCUT2D eigenvalue weighted by atomic mass is 16.2. The highest BCUT2D eigenvalue weighted by molar-refractivity contribution is 5.22. The minimum absolute atomic E-state index is 0.108. The second-order valence-corrected chi connectivity index (χ2v) is 3.70. The summed E-state index contributed by atoms with van der Waals surface area (Å²) >= 11 is 0. The lowest BCUT2D eigenvalue weighted by Gasteiger charge is -2.01. The first-order valence-corrected chi connectivity index (χ1v) is 5.07. The Bertz CT molecular complexity index is 524. The van der Waals surface area contributed by atoms with Crippen molar-refractivity contribution in [3.63, 3.8) is 0 Å². The van der Waals surface area contributed by atoms with Crippen molar-refractivity contribution in [3.8, 4) is 0 Å². The number of nitrogens with zero attached hydrogens (tertiary/aromatic N) is 3. The quantitative estimate of drug-likeness (QED) is 0.794. The minimum atomic E-state index is -0.108. The average Bonchev–Trinajstić information content (AvgIpc) is 2.62. The van der Waals surface area contributed by atoms with Crippen molar-refractivity contribution >= 4 is 0 Å². The van der Waals surface area contributed by atoms with Gasteiger partial charge in [0.15, 0.2) is 0 Å². The molecule has 0 bridgehead atoms. The predicted octanol–water partition coefficient (Wildman–Crippen LogP) is 0.0888. The van der Waals surface area contributed by atoms with Crippen molar-refractivity contribution in [3.05, 3.63) is 52.2 Å². The molecule has 84 valence electrons. The number of rotatable bonds is 3. The van der Waals surface area contributed by atoms with E-state index >= 15 is 0 Å². The van der Waals surface area contributed by atoms with Crippen LogP contribution in [-0.4, -0.2) is 14.3 Å². The first-order valence-electron chi connectivity index (χ1n) is 5.07. The van der Waals surface area contributed by atoms with E-state index in [1.54, 1.807) is 7.05 Å². The van der Waals surface area contributed by atoms with Crippen molar-refractivity contribution in [2.75, 3.05) is 0 Å². The molecule has 2 N–H and O–H groups in total. The third-order valence-electron chi connectivity index (χ3n) is 2.48. The van der Waals surface area contributed by atoms with Crippen molar-refractivity contribution in [1.29, 1.82) is 0 Å². The molecule has 0 aliphatic rings. The summed E-state index contributed by atoms with van der Waals surface area (Å²) in [6.45, 7) is 1.02. The molecule has 0 aliphatic heterocycles. The number of benzene rings is 1. The van der Waals surface area contributed by atoms with Gasteiger partial charge in [-0.1, -0.05) is 24.3 Å². The monoisotopic (exact) mass is 218 g/mol. The molecular weight excluding hydrogens is 204 g/mol. The maximum atomic E-state index is 11.5. The van der Waals surface area contributed by atoms with Crippen LogP contribution in [-0.2, 0) is 20.1 Å². The Labute approximate surface area is 93.1 Å². The lowest BCUT2D eigenvalue weighted by atomic mass is 10.1. The molecule has 0 saturated carbocycles. The van der Waals surface area contributed by atoms with E-state index in [1.807, 2.05) is 24.3 Å². The Balaban J connectivity index is 2.21. The fourth-order valence-corrected chi connectivity index (χ4v) is 1.48. The summed E-state index contributed by atoms with van der Waals surface area (Å²) in [4.78, 5) is 11.5. The Hall–Kier alpha value is -1.88. The summed E-state index contributed by atoms with van der Waals surface area (Å²) in [5, 5.41) is 4.00. The molecule has 0 spiro atoms. The molecule has 1 aromatic heterocycles. The zero-order chi connectivity index (χ0) is 11.5. The molecule has 0 unspecified atom stereocenters. The molecule has 0 saturated heterocycles. The Morgan fingerprint density at radius 1 is 1.25 bits per heavy atom. The number of aryl methyl sites for hydroxylation is 1. The molecule has 5 nitrogen and oxygen atoms in total. The zero-order valence-corrected chi connectivity index (χ0v) is 9.13. The summed E-state index contributed by atoms with van der Waals surface area (Å²) in [7, 11) is 1.68. The van der Waals surface area contributed by atoms with Gasteiger partial charge in [-0.25, -0.2) is 9.48 Å². The molecule has 2 rings (SSSR count). The third-order valence-corrected chi connectivity index (χ3v) is 2.48. The number of nitrogens with two attached hydrogens (primary N) is 1. The largest absolute Gasteiger partial charge is 0.345 e. The van der Waals surface area contributed by atoms with E-state index in [4.69, 9.17) is 5.73 Å². The minimum Gasteiger partial charge on any atom is -0.326 e. The highest BCUT2D eigenvalue weighted by Gasteiger charge is 2.02. The summed E-state index contributed by atoms with van der Waals surface area (Å²) in [6, 6.07) is 7.85. The van der Waals surface area contributed by atoms with E-state index < -0.39 is 0 Å². The molecule has 0 atom stereocenters. The summed E-state index contributed by atoms with van der Waals surface area (Å²) < 4.78 is 2.88. The predicted molar refractivity (Wildman–Crippen MR) is 60.9 cm³/mol. The summed E-state index contributed by atoms with van der Waals surface area (Å²) in [6.07, 6.45) is 1.51. The van der Waals surface area contributed by atoms with Gasteiger partial charge in [-0.05, 0) is 11.1 Å². The van der Waals surface area contributed by atoms with Crippen LogP contribution in [0.2, 0.25) is 0 Å². The van der Waals surface area contributed by atoms with Crippen LogP contribution in [0.5, 0.6) is 0 Å². The van der Waals surface area contributed by atoms with E-state index in [0.717, 1.165) is 11.1 Å². The molecule has 16 heavy (non-hydrogen) atoms. The maximum Gasteiger partial charge on any atom is 0.345 e. The molecule has 0 fully saturated rings. The fraction of sp³-hybridized carbons (Fsp3) is 0.273. The van der Waals surface area contributed by atoms with Crippen LogP contribution < -0.4 is 11.4 Å². The van der Waals surface area contributed by atoms with Gasteiger partial charge in [-0.15, -0.1) is 0 Å². The standard InChI is InChI=1S/C11H14N4O/c1-14-8-13-15(11(14)16)7-10-4-2-9(6-12)3-5-10/h2-5,8H,6-7,12H2,1H3. The van der Waals surface area contributed by atoms with Crippen molar-refractivity contribution in [2.45, 2.75) is 13.1 Å². The smallest absolute Gasteiger partial charge is 0.326 e. The van der Waals surface area contributed by atoms with Crippen LogP contribution in [0.25, 0.3) is 0 Å². The zero-order valence-electron chi connectivity index (χ0n) is 9.13. The van der Waals surface area contributed by atoms with Crippen molar-refractivity contribution < 1.29 is 0 Å². The molecule has 1 aromatic carbocycles. The summed E-state index contributed by atoms with van der Waals surface area (Å²) in [5.41, 5.74) is 7.52. The Morgan fingerprint density at radius 3 is 2.38 bits per heavy atom. The van der Waals surface area contributed by atoms with Crippen LogP contribution in [0.3, 0.4) is 0 Å². The fourth-order valence-electron chi connectivity index (χ4n) is 1.48. The molecule has 5 heteroatoms. The Morgan fingerprint density at radius 2 is 1.88 bits per heavy atom. The summed E-state index contributed by atoms with van der Waals surface area (Å²) in [5.74, 6) is 0. The van der Waals surface area contributed by atoms with Gasteiger partial charge in [0, 0.05) is 13.6 Å². The third kappa shape index (κ3) is 2.04. The first-order chi connectivity index (χ1) is 7.70. The SMILES string of the molecule is Cn1cnn(Cc2ccc(CN)cc2)c1=O. The lowest BCUT2D eigenvalue weighted by molar-refractivity contribution is 0.646. The van der Waals surface area contributed by atoms with E-state index in [2.05, 4.69) is 5.10 Å². The first kappa shape index (κ1) is 10.6. The number of hydrogen-bond acceptors (Lipinski definition) is 3. The normalized spacial score (nSPS) is 10.6. The van der Waals surface area contributed by atoms with Gasteiger partial charge in [0.05, 0.1) is 6.54 Å². The van der Waals surface area contributed by atoms with Crippen molar-refractivity contribution in [2.24, 2.45) is 12.8 Å². The molecule has 0 amide bonds. The van der Waals surface area contributed by atoms with E-state index in [-0.39, 0.29) is 5.69 Å². The highest BCUT2D eigenvalue weighted by Crippen LogP contribution is 2.04. The lowest BCUT2D eigenvalue weighted by Crippen LogP contribution is -2.23. The van der Waals surface area contributed by atoms with Gasteiger partial charge in [0.25, 0.3) is 0 Å². The van der Waals surface area contributed by atoms with Crippen LogP contribution >= 0.6 is 0 Å². The molecule has 1 heterocycles. The van der Waals surface area contributed by atoms with E-state index in [9.17, 15) is 4.79 Å². The topological polar surface area (TPSA) is 65.8 Å². The average molecular weight is 218 g/mol. The molecule has 0 radical (unpaired) electrons. The second-order valence-electron chi connectivity index (χ2n) is 3.70. The van der Waals surface area contributed by atoms with Gasteiger partial charge in [0.2, 0.25) is 0 Å². The van der Waals surface area contributed by atoms with Gasteiger partial charge >= 0.3 is 5.69 Å². The molecule has 2 aromatic rings. The Kier molecular flexibility index (Phi) is 2.87. The van der Waals surface area contributed by atoms with E-state index in [1.165, 1.54) is 15.6 Å². The van der Waals surface area contributed by atoms with Crippen LogP contribution in [0.4, 0.5) is 0 Å². The van der Waals surface area contributed by atoms with Crippen LogP contribution in [0.15, 0.2) is 35.4 Å². The number of aromatic nitrogens is 3. The van der Waals surface area contributed by atoms with Crippen molar-refractivity contribution in [1.82, 2.24) is 14.3 Å². The maximum absolute atomic E-state index is 11.5. The second kappa shape index (κ2) is 4.32. The van der Waals surface area contributed by atoms with Crippen LogP contribution in [0.1, 0.15) is 11.1 Å². The van der Waals surface area contributed by atoms with Gasteiger partial charge < -0.3 is 5.73 Å².